The fraction of sp³-hybridized carbons (Fsp3) is 0.211. The van der Waals surface area contributed by atoms with Gasteiger partial charge in [0.15, 0.2) is 17.3 Å². The van der Waals surface area contributed by atoms with Crippen LogP contribution in [0.15, 0.2) is 49.1 Å². The molecule has 23 heavy (non-hydrogen) atoms. The molecular weight excluding hydrogens is 292 g/mol. The van der Waals surface area contributed by atoms with Crippen molar-refractivity contribution in [1.82, 2.24) is 0 Å². The molecule has 0 fully saturated rings. The molecule has 4 nitrogen and oxygen atoms in total. The zero-order valence-corrected chi connectivity index (χ0v) is 13.3. The Morgan fingerprint density at radius 2 is 1.83 bits per heavy atom. The number of hydrogen-bond donors (Lipinski definition) is 1. The predicted molar refractivity (Wildman–Crippen MR) is 89.6 cm³/mol. The van der Waals surface area contributed by atoms with Crippen LogP contribution < -0.4 is 9.47 Å². The zero-order valence-electron chi connectivity index (χ0n) is 13.3. The number of carbonyl (C=O) groups excluding carboxylic acids is 1. The summed E-state index contributed by atoms with van der Waals surface area (Å²) in [6.45, 7) is 6.05. The number of benzene rings is 2. The maximum atomic E-state index is 12.6. The Hall–Kier alpha value is -2.75. The van der Waals surface area contributed by atoms with E-state index in [1.165, 1.54) is 13.2 Å². The molecule has 0 aromatic heterocycles. The smallest absolute Gasteiger partial charge is 0.193 e. The number of ether oxygens (including phenoxy) is 2. The lowest BCUT2D eigenvalue weighted by molar-refractivity contribution is 0.103. The van der Waals surface area contributed by atoms with E-state index in [1.54, 1.807) is 30.3 Å². The van der Waals surface area contributed by atoms with Gasteiger partial charge in [-0.15, -0.1) is 0 Å². The van der Waals surface area contributed by atoms with E-state index in [4.69, 9.17) is 9.47 Å². The first kappa shape index (κ1) is 16.6. The molecule has 0 heterocycles. The third-order valence-electron chi connectivity index (χ3n) is 3.50. The molecule has 1 N–H and O–H groups in total. The summed E-state index contributed by atoms with van der Waals surface area (Å²) in [4.78, 5) is 12.6. The van der Waals surface area contributed by atoms with E-state index in [1.807, 2.05) is 13.0 Å². The summed E-state index contributed by atoms with van der Waals surface area (Å²) in [6, 6.07) is 9.95. The van der Waals surface area contributed by atoms with Crippen molar-refractivity contribution in [3.63, 3.8) is 0 Å². The molecule has 0 spiro atoms. The molecule has 4 heteroatoms. The van der Waals surface area contributed by atoms with Gasteiger partial charge in [0.05, 0.1) is 7.11 Å². The first-order valence-corrected chi connectivity index (χ1v) is 7.39. The molecule has 0 atom stereocenters. The lowest BCUT2D eigenvalue weighted by atomic mass is 9.99. The molecule has 0 saturated heterocycles. The van der Waals surface area contributed by atoms with E-state index in [9.17, 15) is 9.90 Å². The van der Waals surface area contributed by atoms with Gasteiger partial charge in [-0.3, -0.25) is 4.79 Å². The SMILES string of the molecule is C=CCOc1ccc(C(=O)c2ccc(OC)c(O)c2)cc1CC. The molecule has 0 radical (unpaired) electrons. The van der Waals surface area contributed by atoms with Gasteiger partial charge in [0.1, 0.15) is 12.4 Å². The number of phenolic OH excluding ortho intramolecular Hbond substituents is 1. The monoisotopic (exact) mass is 312 g/mol. The summed E-state index contributed by atoms with van der Waals surface area (Å²) in [7, 11) is 1.46. The molecule has 0 unspecified atom stereocenters. The second kappa shape index (κ2) is 7.49. The second-order valence-electron chi connectivity index (χ2n) is 4.99. The Morgan fingerprint density at radius 1 is 1.17 bits per heavy atom. The summed E-state index contributed by atoms with van der Waals surface area (Å²) >= 11 is 0. The van der Waals surface area contributed by atoms with Gasteiger partial charge in [-0.1, -0.05) is 19.6 Å². The Kier molecular flexibility index (Phi) is 5.41. The minimum Gasteiger partial charge on any atom is -0.504 e. The fourth-order valence-electron chi connectivity index (χ4n) is 2.28. The van der Waals surface area contributed by atoms with Crippen molar-refractivity contribution < 1.29 is 19.4 Å². The van der Waals surface area contributed by atoms with Crippen molar-refractivity contribution in [2.45, 2.75) is 13.3 Å². The van der Waals surface area contributed by atoms with Crippen molar-refractivity contribution in [3.05, 3.63) is 65.7 Å². The number of ketones is 1. The van der Waals surface area contributed by atoms with E-state index in [0.717, 1.165) is 17.7 Å². The quantitative estimate of drug-likeness (QED) is 0.625. The molecule has 0 aliphatic carbocycles. The average molecular weight is 312 g/mol. The fourth-order valence-corrected chi connectivity index (χ4v) is 2.28. The van der Waals surface area contributed by atoms with Gasteiger partial charge in [-0.25, -0.2) is 0 Å². The summed E-state index contributed by atoms with van der Waals surface area (Å²) < 4.78 is 10.6. The van der Waals surface area contributed by atoms with Gasteiger partial charge in [-0.2, -0.15) is 0 Å². The highest BCUT2D eigenvalue weighted by Gasteiger charge is 2.14. The van der Waals surface area contributed by atoms with Crippen LogP contribution in [0.4, 0.5) is 0 Å². The number of hydrogen-bond acceptors (Lipinski definition) is 4. The van der Waals surface area contributed by atoms with Crippen molar-refractivity contribution in [2.24, 2.45) is 0 Å². The van der Waals surface area contributed by atoms with Crippen LogP contribution in [0, 0.1) is 0 Å². The summed E-state index contributed by atoms with van der Waals surface area (Å²) in [5, 5.41) is 9.82. The third-order valence-corrected chi connectivity index (χ3v) is 3.50. The number of aromatic hydroxyl groups is 1. The predicted octanol–water partition coefficient (Wildman–Crippen LogP) is 3.76. The van der Waals surface area contributed by atoms with E-state index in [0.29, 0.717) is 23.5 Å². The van der Waals surface area contributed by atoms with E-state index >= 15 is 0 Å². The highest BCUT2D eigenvalue weighted by molar-refractivity contribution is 6.09. The zero-order chi connectivity index (χ0) is 16.8. The Balaban J connectivity index is 2.32. The summed E-state index contributed by atoms with van der Waals surface area (Å²) in [6.07, 6.45) is 2.43. The highest BCUT2D eigenvalue weighted by atomic mass is 16.5. The van der Waals surface area contributed by atoms with E-state index in [-0.39, 0.29) is 11.5 Å². The van der Waals surface area contributed by atoms with Crippen LogP contribution in [0.25, 0.3) is 0 Å². The molecular formula is C19H20O4. The van der Waals surface area contributed by atoms with Gasteiger partial charge >= 0.3 is 0 Å². The molecule has 0 saturated carbocycles. The van der Waals surface area contributed by atoms with Gasteiger partial charge in [-0.05, 0) is 48.4 Å². The standard InChI is InChI=1S/C19H20O4/c1-4-10-23-17-8-6-14(11-13(17)5-2)19(21)15-7-9-18(22-3)16(20)12-15/h4,6-9,11-12,20H,1,5,10H2,2-3H3. The van der Waals surface area contributed by atoms with Crippen LogP contribution in [0.3, 0.4) is 0 Å². The number of phenols is 1. The summed E-state index contributed by atoms with van der Waals surface area (Å²) in [5.74, 6) is 0.874. The molecule has 0 bridgehead atoms. The van der Waals surface area contributed by atoms with Crippen LogP contribution in [0.2, 0.25) is 0 Å². The minimum atomic E-state index is -0.159. The molecule has 2 rings (SSSR count). The van der Waals surface area contributed by atoms with Gasteiger partial charge in [0, 0.05) is 11.1 Å². The van der Waals surface area contributed by atoms with Crippen LogP contribution in [0.1, 0.15) is 28.4 Å². The van der Waals surface area contributed by atoms with Crippen molar-refractivity contribution >= 4 is 5.78 Å². The van der Waals surface area contributed by atoms with Crippen molar-refractivity contribution in [1.29, 1.82) is 0 Å². The number of methoxy groups -OCH3 is 1. The number of carbonyl (C=O) groups is 1. The molecule has 120 valence electrons. The Labute approximate surface area is 136 Å². The minimum absolute atomic E-state index is 0.0556. The highest BCUT2D eigenvalue weighted by Crippen LogP contribution is 2.28. The lowest BCUT2D eigenvalue weighted by Crippen LogP contribution is -2.04. The lowest BCUT2D eigenvalue weighted by Gasteiger charge is -2.11. The maximum Gasteiger partial charge on any atom is 0.193 e. The van der Waals surface area contributed by atoms with Crippen molar-refractivity contribution in [3.8, 4) is 17.2 Å². The summed E-state index contributed by atoms with van der Waals surface area (Å²) in [5.41, 5.74) is 1.91. The molecule has 0 aliphatic rings. The maximum absolute atomic E-state index is 12.6. The molecule has 0 amide bonds. The number of aryl methyl sites for hydroxylation is 1. The van der Waals surface area contributed by atoms with Gasteiger partial charge < -0.3 is 14.6 Å². The third kappa shape index (κ3) is 3.72. The van der Waals surface area contributed by atoms with Crippen LogP contribution >= 0.6 is 0 Å². The van der Waals surface area contributed by atoms with Crippen LogP contribution in [0.5, 0.6) is 17.2 Å². The second-order valence-corrected chi connectivity index (χ2v) is 4.99. The molecule has 2 aromatic carbocycles. The normalized spacial score (nSPS) is 10.2. The Morgan fingerprint density at radius 3 is 2.39 bits per heavy atom. The first-order valence-electron chi connectivity index (χ1n) is 7.39. The Bertz CT molecular complexity index is 719. The van der Waals surface area contributed by atoms with Crippen molar-refractivity contribution in [2.75, 3.05) is 13.7 Å². The van der Waals surface area contributed by atoms with Gasteiger partial charge in [0.2, 0.25) is 0 Å². The van der Waals surface area contributed by atoms with Crippen LogP contribution in [-0.2, 0) is 6.42 Å². The largest absolute Gasteiger partial charge is 0.504 e. The molecule has 0 aliphatic heterocycles. The van der Waals surface area contributed by atoms with Gasteiger partial charge in [0.25, 0.3) is 0 Å². The average Bonchev–Trinajstić information content (AvgIpc) is 2.59. The van der Waals surface area contributed by atoms with E-state index < -0.39 is 0 Å². The van der Waals surface area contributed by atoms with Crippen LogP contribution in [-0.4, -0.2) is 24.6 Å². The topological polar surface area (TPSA) is 55.8 Å². The van der Waals surface area contributed by atoms with E-state index in [2.05, 4.69) is 6.58 Å². The molecule has 2 aromatic rings. The first-order chi connectivity index (χ1) is 11.1. The number of rotatable bonds is 7.